The van der Waals surface area contributed by atoms with Gasteiger partial charge in [-0.3, -0.25) is 14.4 Å². The Balaban J connectivity index is 2.72. The Morgan fingerprint density at radius 1 is 0.442 bits per heavy atom. The number of esters is 3. The van der Waals surface area contributed by atoms with Gasteiger partial charge in [-0.15, -0.1) is 0 Å². The van der Waals surface area contributed by atoms with Gasteiger partial charge in [-0.2, -0.15) is 0 Å². The van der Waals surface area contributed by atoms with Crippen LogP contribution >= 0.6 is 0 Å². The molecule has 1 aliphatic rings. The highest BCUT2D eigenvalue weighted by atomic mass is 16.7. The summed E-state index contributed by atoms with van der Waals surface area (Å²) in [4.78, 5) is 51.0. The quantitative estimate of drug-likeness (QED) is 0.0228. The Morgan fingerprint density at radius 2 is 0.844 bits per heavy atom. The lowest BCUT2D eigenvalue weighted by Crippen LogP contribution is -2.61. The summed E-state index contributed by atoms with van der Waals surface area (Å²) in [5.74, 6) is -3.30. The third-order valence-corrected chi connectivity index (χ3v) is 12.2. The number of unbranched alkanes of at least 4 members (excludes halogenated alkanes) is 11. The zero-order valence-corrected chi connectivity index (χ0v) is 47.4. The van der Waals surface area contributed by atoms with Crippen LogP contribution < -0.4 is 0 Å². The number of carbonyl (C=O) groups is 4. The number of carboxylic acid groups (broad SMARTS) is 1. The molecule has 0 aromatic carbocycles. The van der Waals surface area contributed by atoms with Crippen LogP contribution in [0.1, 0.15) is 201 Å². The zero-order chi connectivity index (χ0) is 56.1. The summed E-state index contributed by atoms with van der Waals surface area (Å²) in [6.07, 6.45) is 60.2. The molecule has 1 aliphatic heterocycles. The third kappa shape index (κ3) is 41.6. The molecule has 0 amide bonds. The highest BCUT2D eigenvalue weighted by molar-refractivity contribution is 5.74. The molecule has 0 saturated carbocycles. The van der Waals surface area contributed by atoms with Crippen molar-refractivity contribution in [3.8, 4) is 0 Å². The first-order valence-corrected chi connectivity index (χ1v) is 29.2. The Labute approximate surface area is 464 Å². The second-order valence-electron chi connectivity index (χ2n) is 19.2. The van der Waals surface area contributed by atoms with Crippen molar-refractivity contribution in [2.45, 2.75) is 237 Å². The summed E-state index contributed by atoms with van der Waals surface area (Å²) >= 11 is 0. The van der Waals surface area contributed by atoms with E-state index < -0.39 is 67.3 Å². The van der Waals surface area contributed by atoms with E-state index in [4.69, 9.17) is 23.7 Å². The van der Waals surface area contributed by atoms with E-state index in [0.717, 1.165) is 116 Å². The fourth-order valence-corrected chi connectivity index (χ4v) is 7.83. The fraction of sp³-hybridized carbons (Fsp3) is 0.600. The molecule has 77 heavy (non-hydrogen) atoms. The first-order valence-electron chi connectivity index (χ1n) is 29.2. The van der Waals surface area contributed by atoms with Gasteiger partial charge in [-0.1, -0.05) is 212 Å². The largest absolute Gasteiger partial charge is 0.479 e. The van der Waals surface area contributed by atoms with Gasteiger partial charge in [0.1, 0.15) is 18.8 Å². The maximum atomic E-state index is 13.1. The Kier molecular flexibility index (Phi) is 46.8. The van der Waals surface area contributed by atoms with E-state index >= 15 is 0 Å². The van der Waals surface area contributed by atoms with E-state index in [0.29, 0.717) is 19.3 Å². The average molecular weight is 1070 g/mol. The lowest BCUT2D eigenvalue weighted by Gasteiger charge is -2.40. The molecular formula is C65H100O12. The lowest BCUT2D eigenvalue weighted by atomic mass is 9.98. The van der Waals surface area contributed by atoms with Crippen LogP contribution in [-0.2, 0) is 42.9 Å². The molecular weight excluding hydrogens is 973 g/mol. The second kappa shape index (κ2) is 51.6. The van der Waals surface area contributed by atoms with Crippen molar-refractivity contribution < 1.29 is 58.2 Å². The Bertz CT molecular complexity index is 1850. The molecule has 1 rings (SSSR count). The number of allylic oxidation sites excluding steroid dienone is 22. The molecule has 0 radical (unpaired) electrons. The second-order valence-corrected chi connectivity index (χ2v) is 19.2. The molecule has 0 aromatic heterocycles. The zero-order valence-electron chi connectivity index (χ0n) is 47.4. The van der Waals surface area contributed by atoms with Crippen LogP contribution in [0.25, 0.3) is 0 Å². The van der Waals surface area contributed by atoms with E-state index in [1.807, 2.05) is 12.2 Å². The summed E-state index contributed by atoms with van der Waals surface area (Å²) in [5.41, 5.74) is 0. The van der Waals surface area contributed by atoms with Gasteiger partial charge in [0.15, 0.2) is 24.6 Å². The molecule has 1 saturated heterocycles. The SMILES string of the molecule is CC/C=C\C/C=C\C/C=C\C/C=C\C/C=C\C/C=C\CCC(=O)OCC(COC1OC(C(=O)O)C(O)C(O)C1OC(=O)CCCCC/C=C\C/C=C\C/C=C\C/C=C\C/C=C\CC)OC(=O)CCCCCCCCCCC. The van der Waals surface area contributed by atoms with E-state index in [-0.39, 0.29) is 25.9 Å². The van der Waals surface area contributed by atoms with Crippen LogP contribution in [0.4, 0.5) is 0 Å². The van der Waals surface area contributed by atoms with Crippen LogP contribution in [0.2, 0.25) is 0 Å². The van der Waals surface area contributed by atoms with Crippen molar-refractivity contribution in [1.82, 2.24) is 0 Å². The standard InChI is InChI=1S/C65H100O12/c1-4-7-10-13-16-19-21-23-25-27-29-31-33-35-37-40-42-45-48-51-57(66)73-54-56(75-58(67)52-49-46-43-39-18-15-12-9-6-3)55-74-65-63(61(70)60(69)62(77-65)64(71)72)76-59(68)53-50-47-44-41-38-36-34-32-30-28-26-24-22-20-17-14-11-8-5-2/h7-8,10-11,16-17,19-20,23-26,29-32,35-38,42,45,56,60-63,65,69-70H,4-6,9,12-15,18,21-22,27-28,33-34,39-41,43-44,46-55H2,1-3H3,(H,71,72)/b10-7-,11-8-,19-16-,20-17-,25-23-,26-24-,31-29-,32-30-,37-35-,38-36-,45-42-. The van der Waals surface area contributed by atoms with Gasteiger partial charge in [0, 0.05) is 19.3 Å². The summed E-state index contributed by atoms with van der Waals surface area (Å²) in [6.45, 7) is 5.64. The molecule has 0 spiro atoms. The van der Waals surface area contributed by atoms with Gasteiger partial charge >= 0.3 is 23.9 Å². The molecule has 1 fully saturated rings. The van der Waals surface area contributed by atoms with Crippen LogP contribution in [0.15, 0.2) is 134 Å². The molecule has 6 unspecified atom stereocenters. The average Bonchev–Trinajstić information content (AvgIpc) is 3.42. The number of aliphatic carboxylic acids is 1. The predicted molar refractivity (Wildman–Crippen MR) is 312 cm³/mol. The highest BCUT2D eigenvalue weighted by Crippen LogP contribution is 2.26. The number of rotatable bonds is 47. The topological polar surface area (TPSA) is 175 Å². The molecule has 1 heterocycles. The molecule has 0 bridgehead atoms. The van der Waals surface area contributed by atoms with Crippen molar-refractivity contribution in [2.24, 2.45) is 0 Å². The molecule has 6 atom stereocenters. The van der Waals surface area contributed by atoms with Gasteiger partial charge in [0.2, 0.25) is 0 Å². The smallest absolute Gasteiger partial charge is 0.335 e. The van der Waals surface area contributed by atoms with Gasteiger partial charge in [0.25, 0.3) is 0 Å². The molecule has 3 N–H and O–H groups in total. The van der Waals surface area contributed by atoms with Crippen molar-refractivity contribution in [2.75, 3.05) is 13.2 Å². The predicted octanol–water partition coefficient (Wildman–Crippen LogP) is 15.0. The minimum absolute atomic E-state index is 0.00762. The maximum absolute atomic E-state index is 13.1. The van der Waals surface area contributed by atoms with Gasteiger partial charge in [-0.25, -0.2) is 4.79 Å². The fourth-order valence-electron chi connectivity index (χ4n) is 7.83. The Hall–Kier alpha value is -5.14. The minimum Gasteiger partial charge on any atom is -0.479 e. The van der Waals surface area contributed by atoms with Gasteiger partial charge < -0.3 is 39.0 Å². The molecule has 12 nitrogen and oxygen atoms in total. The Morgan fingerprint density at radius 3 is 1.30 bits per heavy atom. The molecule has 432 valence electrons. The monoisotopic (exact) mass is 1070 g/mol. The van der Waals surface area contributed by atoms with Crippen molar-refractivity contribution in [3.05, 3.63) is 134 Å². The van der Waals surface area contributed by atoms with Crippen molar-refractivity contribution in [3.63, 3.8) is 0 Å². The minimum atomic E-state index is -1.93. The van der Waals surface area contributed by atoms with E-state index in [9.17, 15) is 34.5 Å². The van der Waals surface area contributed by atoms with E-state index in [2.05, 4.69) is 142 Å². The third-order valence-electron chi connectivity index (χ3n) is 12.2. The first kappa shape index (κ1) is 69.9. The summed E-state index contributed by atoms with van der Waals surface area (Å²) < 4.78 is 28.2. The number of ether oxygens (including phenoxy) is 5. The summed E-state index contributed by atoms with van der Waals surface area (Å²) in [5, 5.41) is 31.4. The number of hydrogen-bond acceptors (Lipinski definition) is 11. The number of hydrogen-bond donors (Lipinski definition) is 3. The van der Waals surface area contributed by atoms with Crippen LogP contribution in [-0.4, -0.2) is 89.2 Å². The lowest BCUT2D eigenvalue weighted by molar-refractivity contribution is -0.301. The van der Waals surface area contributed by atoms with Crippen molar-refractivity contribution in [1.29, 1.82) is 0 Å². The van der Waals surface area contributed by atoms with E-state index in [1.165, 1.54) is 25.7 Å². The van der Waals surface area contributed by atoms with Gasteiger partial charge in [-0.05, 0) is 103 Å². The highest BCUT2D eigenvalue weighted by Gasteiger charge is 2.50. The van der Waals surface area contributed by atoms with Crippen LogP contribution in [0.3, 0.4) is 0 Å². The van der Waals surface area contributed by atoms with Crippen LogP contribution in [0.5, 0.6) is 0 Å². The summed E-state index contributed by atoms with van der Waals surface area (Å²) in [6, 6.07) is 0. The van der Waals surface area contributed by atoms with E-state index in [1.54, 1.807) is 0 Å². The molecule has 0 aliphatic carbocycles. The number of aliphatic hydroxyl groups is 2. The summed E-state index contributed by atoms with van der Waals surface area (Å²) in [7, 11) is 0. The normalized spacial score (nSPS) is 19.0. The van der Waals surface area contributed by atoms with Gasteiger partial charge in [0.05, 0.1) is 6.61 Å². The number of carbonyl (C=O) groups excluding carboxylic acids is 3. The van der Waals surface area contributed by atoms with Crippen LogP contribution in [0, 0.1) is 0 Å². The molecule has 0 aromatic rings. The number of aliphatic hydroxyl groups excluding tert-OH is 2. The first-order chi connectivity index (χ1) is 37.6. The maximum Gasteiger partial charge on any atom is 0.335 e. The molecule has 12 heteroatoms. The number of carboxylic acids is 1. The van der Waals surface area contributed by atoms with Crippen molar-refractivity contribution >= 4 is 23.9 Å².